The zero-order chi connectivity index (χ0) is 24.1. The Balaban J connectivity index is 1.47. The summed E-state index contributed by atoms with van der Waals surface area (Å²) >= 11 is 1.48. The van der Waals surface area contributed by atoms with E-state index in [9.17, 15) is 14.0 Å². The summed E-state index contributed by atoms with van der Waals surface area (Å²) < 4.78 is 31.3. The summed E-state index contributed by atoms with van der Waals surface area (Å²) in [5.74, 6) is 0.408. The van der Waals surface area contributed by atoms with Crippen molar-refractivity contribution in [1.82, 2.24) is 4.98 Å². The second kappa shape index (κ2) is 10.4. The van der Waals surface area contributed by atoms with Crippen LogP contribution in [0.4, 0.5) is 4.39 Å². The van der Waals surface area contributed by atoms with Gasteiger partial charge in [-0.25, -0.2) is 4.39 Å². The number of thiophene rings is 1. The van der Waals surface area contributed by atoms with Gasteiger partial charge >= 0.3 is 0 Å². The molecule has 174 valence electrons. The maximum Gasteiger partial charge on any atom is 0.166 e. The van der Waals surface area contributed by atoms with Gasteiger partial charge in [-0.3, -0.25) is 14.6 Å². The average molecular weight is 480 g/mol. The van der Waals surface area contributed by atoms with Gasteiger partial charge in [-0.05, 0) is 41.3 Å². The molecule has 0 fully saturated rings. The molecule has 4 aromatic rings. The number of Topliss-reactive ketones (excluding diaryl/α,β-unsaturated/α-hetero) is 2. The fourth-order valence-electron chi connectivity index (χ4n) is 3.57. The predicted molar refractivity (Wildman–Crippen MR) is 128 cm³/mol. The molecule has 0 aliphatic carbocycles. The number of carbonyl (C=O) groups is 2. The lowest BCUT2D eigenvalue weighted by Crippen LogP contribution is -2.12. The molecule has 0 aliphatic heterocycles. The normalized spacial score (nSPS) is 10.8. The van der Waals surface area contributed by atoms with E-state index in [2.05, 4.69) is 4.98 Å². The van der Waals surface area contributed by atoms with Gasteiger partial charge < -0.3 is 14.2 Å². The summed E-state index contributed by atoms with van der Waals surface area (Å²) in [6, 6.07) is 13.1. The largest absolute Gasteiger partial charge is 0.493 e. The number of benzene rings is 2. The highest BCUT2D eigenvalue weighted by atomic mass is 32.1. The molecule has 0 amide bonds. The first kappa shape index (κ1) is 23.4. The van der Waals surface area contributed by atoms with Gasteiger partial charge in [0.1, 0.15) is 17.3 Å². The van der Waals surface area contributed by atoms with Crippen LogP contribution in [0.2, 0.25) is 0 Å². The Hall–Kier alpha value is -3.78. The summed E-state index contributed by atoms with van der Waals surface area (Å²) in [5.41, 5.74) is 1.08. The highest BCUT2D eigenvalue weighted by Gasteiger charge is 2.15. The van der Waals surface area contributed by atoms with Crippen molar-refractivity contribution in [2.45, 2.75) is 19.3 Å². The highest BCUT2D eigenvalue weighted by Crippen LogP contribution is 2.37. The van der Waals surface area contributed by atoms with Gasteiger partial charge in [0.15, 0.2) is 23.1 Å². The van der Waals surface area contributed by atoms with E-state index in [1.165, 1.54) is 37.7 Å². The minimum absolute atomic E-state index is 0.00672. The van der Waals surface area contributed by atoms with E-state index in [0.717, 1.165) is 4.88 Å². The molecule has 0 N–H and O–H groups in total. The van der Waals surface area contributed by atoms with Crippen molar-refractivity contribution in [2.75, 3.05) is 14.2 Å². The molecule has 8 heteroatoms. The maximum atomic E-state index is 14.8. The van der Waals surface area contributed by atoms with Crippen LogP contribution in [-0.4, -0.2) is 30.8 Å². The van der Waals surface area contributed by atoms with E-state index in [1.807, 2.05) is 17.5 Å². The Kier molecular flexibility index (Phi) is 7.18. The van der Waals surface area contributed by atoms with Crippen molar-refractivity contribution in [3.8, 4) is 23.0 Å². The first-order chi connectivity index (χ1) is 16.5. The van der Waals surface area contributed by atoms with E-state index in [4.69, 9.17) is 14.2 Å². The van der Waals surface area contributed by atoms with Crippen LogP contribution in [0, 0.1) is 5.82 Å². The molecule has 2 aromatic carbocycles. The van der Waals surface area contributed by atoms with Gasteiger partial charge in [0, 0.05) is 35.4 Å². The molecule has 34 heavy (non-hydrogen) atoms. The van der Waals surface area contributed by atoms with E-state index >= 15 is 0 Å². The summed E-state index contributed by atoms with van der Waals surface area (Å²) in [7, 11) is 3.06. The molecule has 0 unspecified atom stereocenters. The number of carbonyl (C=O) groups excluding carboxylic acids is 2. The number of aromatic nitrogens is 1. The second-order valence-corrected chi connectivity index (χ2v) is 8.62. The van der Waals surface area contributed by atoms with Crippen molar-refractivity contribution < 1.29 is 28.2 Å². The monoisotopic (exact) mass is 479 g/mol. The Morgan fingerprint density at radius 3 is 2.38 bits per heavy atom. The first-order valence-corrected chi connectivity index (χ1v) is 11.4. The molecule has 0 saturated heterocycles. The molecule has 6 nitrogen and oxygen atoms in total. The molecule has 0 aliphatic rings. The van der Waals surface area contributed by atoms with Crippen LogP contribution in [0.1, 0.15) is 16.9 Å². The lowest BCUT2D eigenvalue weighted by molar-refractivity contribution is -0.126. The number of pyridine rings is 1. The number of methoxy groups -OCH3 is 2. The number of nitrogens with zero attached hydrogens (tertiary/aromatic N) is 1. The van der Waals surface area contributed by atoms with Crippen LogP contribution >= 0.6 is 11.3 Å². The number of ether oxygens (including phenoxy) is 3. The number of ketones is 2. The molecule has 0 saturated carbocycles. The lowest BCUT2D eigenvalue weighted by atomic mass is 10.0. The van der Waals surface area contributed by atoms with Crippen molar-refractivity contribution in [3.63, 3.8) is 0 Å². The Morgan fingerprint density at radius 1 is 0.912 bits per heavy atom. The van der Waals surface area contributed by atoms with Crippen LogP contribution in [0.25, 0.3) is 10.9 Å². The number of hydrogen-bond acceptors (Lipinski definition) is 7. The summed E-state index contributed by atoms with van der Waals surface area (Å²) in [6.07, 6.45) is 1.59. The first-order valence-electron chi connectivity index (χ1n) is 10.5. The Bertz CT molecular complexity index is 1340. The summed E-state index contributed by atoms with van der Waals surface area (Å²) in [6.45, 7) is 0. The van der Waals surface area contributed by atoms with Crippen LogP contribution < -0.4 is 14.2 Å². The standard InChI is InChI=1S/C26H22FNO5S/c1-31-25-14-20-22(15-26(25)32-2)28-8-7-23(20)33-24-6-5-16(11-21(24)27)10-17(29)12-18(30)13-19-4-3-9-34-19/h3-9,11,14-15H,10,12-13H2,1-2H3. The SMILES string of the molecule is COc1cc2nccc(Oc3ccc(CC(=O)CC(=O)Cc4cccs4)cc3F)c2cc1OC. The van der Waals surface area contributed by atoms with Gasteiger partial charge in [-0.2, -0.15) is 0 Å². The molecule has 4 rings (SSSR count). The number of rotatable bonds is 10. The molecule has 2 aromatic heterocycles. The number of hydrogen-bond donors (Lipinski definition) is 0. The number of halogens is 1. The maximum absolute atomic E-state index is 14.8. The van der Waals surface area contributed by atoms with Crippen LogP contribution in [0.5, 0.6) is 23.0 Å². The zero-order valence-electron chi connectivity index (χ0n) is 18.7. The fourth-order valence-corrected chi connectivity index (χ4v) is 4.31. The zero-order valence-corrected chi connectivity index (χ0v) is 19.5. The van der Waals surface area contributed by atoms with Crippen LogP contribution in [-0.2, 0) is 22.4 Å². The Morgan fingerprint density at radius 2 is 1.68 bits per heavy atom. The van der Waals surface area contributed by atoms with Crippen molar-refractivity contribution in [1.29, 1.82) is 0 Å². The third-order valence-corrected chi connectivity index (χ3v) is 6.05. The minimum atomic E-state index is -0.611. The van der Waals surface area contributed by atoms with Crippen LogP contribution in [0.3, 0.4) is 0 Å². The van der Waals surface area contributed by atoms with Gasteiger partial charge in [-0.15, -0.1) is 11.3 Å². The van der Waals surface area contributed by atoms with E-state index < -0.39 is 5.82 Å². The second-order valence-electron chi connectivity index (χ2n) is 7.59. The van der Waals surface area contributed by atoms with Crippen LogP contribution in [0.15, 0.2) is 60.1 Å². The third kappa shape index (κ3) is 5.40. The molecular formula is C26H22FNO5S. The van der Waals surface area contributed by atoms with Gasteiger partial charge in [0.05, 0.1) is 26.2 Å². The van der Waals surface area contributed by atoms with E-state index in [0.29, 0.717) is 33.7 Å². The quantitative estimate of drug-likeness (QED) is 0.277. The minimum Gasteiger partial charge on any atom is -0.493 e. The summed E-state index contributed by atoms with van der Waals surface area (Å²) in [5, 5.41) is 2.52. The smallest absolute Gasteiger partial charge is 0.166 e. The van der Waals surface area contributed by atoms with Crippen molar-refractivity contribution in [2.24, 2.45) is 0 Å². The van der Waals surface area contributed by atoms with E-state index in [-0.39, 0.29) is 36.6 Å². The highest BCUT2D eigenvalue weighted by molar-refractivity contribution is 7.10. The Labute approximate surface area is 199 Å². The van der Waals surface area contributed by atoms with Gasteiger partial charge in [0.25, 0.3) is 0 Å². The van der Waals surface area contributed by atoms with Gasteiger partial charge in [0.2, 0.25) is 0 Å². The molecule has 0 radical (unpaired) electrons. The lowest BCUT2D eigenvalue weighted by Gasteiger charge is -2.13. The molecular weight excluding hydrogens is 457 g/mol. The topological polar surface area (TPSA) is 74.7 Å². The fraction of sp³-hybridized carbons (Fsp3) is 0.192. The molecule has 0 spiro atoms. The summed E-state index contributed by atoms with van der Waals surface area (Å²) in [4.78, 5) is 29.6. The third-order valence-electron chi connectivity index (χ3n) is 5.17. The predicted octanol–water partition coefficient (Wildman–Crippen LogP) is 5.56. The van der Waals surface area contributed by atoms with Gasteiger partial charge in [-0.1, -0.05) is 12.1 Å². The van der Waals surface area contributed by atoms with E-state index in [1.54, 1.807) is 30.5 Å². The average Bonchev–Trinajstić information content (AvgIpc) is 3.32. The number of fused-ring (bicyclic) bond motifs is 1. The van der Waals surface area contributed by atoms with Crippen molar-refractivity contribution in [3.05, 3.63) is 76.4 Å². The molecule has 2 heterocycles. The van der Waals surface area contributed by atoms with Crippen molar-refractivity contribution >= 4 is 33.8 Å². The molecule has 0 bridgehead atoms. The molecule has 0 atom stereocenters.